The van der Waals surface area contributed by atoms with Crippen LogP contribution in [0.3, 0.4) is 0 Å². The van der Waals surface area contributed by atoms with Crippen molar-refractivity contribution in [2.24, 2.45) is 0 Å². The quantitative estimate of drug-likeness (QED) is 0.905. The zero-order valence-electron chi connectivity index (χ0n) is 11.7. The van der Waals surface area contributed by atoms with Gasteiger partial charge >= 0.3 is 5.97 Å². The fourth-order valence-electron chi connectivity index (χ4n) is 1.92. The van der Waals surface area contributed by atoms with Crippen molar-refractivity contribution in [3.63, 3.8) is 0 Å². The fourth-order valence-corrected chi connectivity index (χ4v) is 1.92. The number of aryl methyl sites for hydroxylation is 1. The number of carbonyl (C=O) groups is 2. The Morgan fingerprint density at radius 3 is 2.19 bits per heavy atom. The Balaban J connectivity index is 2.14. The van der Waals surface area contributed by atoms with Crippen LogP contribution in [0, 0.1) is 6.92 Å². The predicted molar refractivity (Wildman–Crippen MR) is 79.1 cm³/mol. The van der Waals surface area contributed by atoms with Gasteiger partial charge in [-0.2, -0.15) is 0 Å². The van der Waals surface area contributed by atoms with E-state index < -0.39 is 5.97 Å². The molecule has 0 spiro atoms. The average molecular weight is 285 g/mol. The minimum absolute atomic E-state index is 0.145. The summed E-state index contributed by atoms with van der Waals surface area (Å²) in [6, 6.07) is 11.1. The number of nitrogens with one attached hydrogen (secondary N) is 1. The van der Waals surface area contributed by atoms with E-state index in [2.05, 4.69) is 5.32 Å². The van der Waals surface area contributed by atoms with Crippen LogP contribution in [0.15, 0.2) is 42.5 Å². The van der Waals surface area contributed by atoms with Gasteiger partial charge in [-0.1, -0.05) is 0 Å². The van der Waals surface area contributed by atoms with Crippen LogP contribution in [0.5, 0.6) is 5.75 Å². The van der Waals surface area contributed by atoms with Crippen LogP contribution >= 0.6 is 0 Å². The third-order valence-corrected chi connectivity index (χ3v) is 3.05. The summed E-state index contributed by atoms with van der Waals surface area (Å²) in [5.74, 6) is -0.567. The number of carbonyl (C=O) groups excluding carboxylic acids is 1. The highest BCUT2D eigenvalue weighted by molar-refractivity contribution is 6.04. The number of benzene rings is 2. The highest BCUT2D eigenvalue weighted by Crippen LogP contribution is 2.21. The van der Waals surface area contributed by atoms with Crippen molar-refractivity contribution in [3.05, 3.63) is 59.2 Å². The van der Waals surface area contributed by atoms with Gasteiger partial charge in [0.2, 0.25) is 0 Å². The van der Waals surface area contributed by atoms with Crippen LogP contribution in [0.1, 0.15) is 26.3 Å². The minimum atomic E-state index is -1.02. The number of ether oxygens (including phenoxy) is 1. The highest BCUT2D eigenvalue weighted by Gasteiger charge is 2.09. The summed E-state index contributed by atoms with van der Waals surface area (Å²) < 4.78 is 5.16. The maximum atomic E-state index is 12.1. The monoisotopic (exact) mass is 285 g/mol. The third-order valence-electron chi connectivity index (χ3n) is 3.05. The van der Waals surface area contributed by atoms with Gasteiger partial charge in [-0.3, -0.25) is 4.79 Å². The van der Waals surface area contributed by atoms with E-state index in [1.165, 1.54) is 24.3 Å². The maximum absolute atomic E-state index is 12.1. The van der Waals surface area contributed by atoms with Crippen LogP contribution in [0.2, 0.25) is 0 Å². The lowest BCUT2D eigenvalue weighted by molar-refractivity contribution is 0.0696. The van der Waals surface area contributed by atoms with Crippen LogP contribution < -0.4 is 10.1 Å². The molecule has 108 valence electrons. The molecule has 0 bridgehead atoms. The molecule has 5 nitrogen and oxygen atoms in total. The Kier molecular flexibility index (Phi) is 4.23. The molecule has 0 heterocycles. The fraction of sp³-hybridized carbons (Fsp3) is 0.125. The van der Waals surface area contributed by atoms with Gasteiger partial charge in [0.05, 0.1) is 12.7 Å². The predicted octanol–water partition coefficient (Wildman–Crippen LogP) is 2.95. The first-order valence-electron chi connectivity index (χ1n) is 6.30. The summed E-state index contributed by atoms with van der Waals surface area (Å²) in [4.78, 5) is 22.8. The molecule has 0 unspecified atom stereocenters. The van der Waals surface area contributed by atoms with E-state index in [1.54, 1.807) is 19.2 Å². The second-order valence-corrected chi connectivity index (χ2v) is 4.52. The van der Waals surface area contributed by atoms with Gasteiger partial charge in [-0.15, -0.1) is 0 Å². The lowest BCUT2D eigenvalue weighted by Crippen LogP contribution is -2.12. The molecule has 1 amide bonds. The van der Waals surface area contributed by atoms with Crippen molar-refractivity contribution in [3.8, 4) is 5.75 Å². The van der Waals surface area contributed by atoms with E-state index in [0.29, 0.717) is 11.3 Å². The number of anilines is 1. The first-order valence-corrected chi connectivity index (χ1v) is 6.30. The number of hydrogen-bond acceptors (Lipinski definition) is 3. The number of methoxy groups -OCH3 is 1. The number of rotatable bonds is 4. The van der Waals surface area contributed by atoms with Gasteiger partial charge in [0.25, 0.3) is 5.91 Å². The molecule has 2 N–H and O–H groups in total. The Bertz CT molecular complexity index is 677. The molecule has 2 aromatic carbocycles. The van der Waals surface area contributed by atoms with Crippen molar-refractivity contribution in [1.82, 2.24) is 0 Å². The van der Waals surface area contributed by atoms with Crippen LogP contribution in [0.25, 0.3) is 0 Å². The number of hydrogen-bond donors (Lipinski definition) is 2. The molecular weight excluding hydrogens is 270 g/mol. The lowest BCUT2D eigenvalue weighted by Gasteiger charge is -2.09. The van der Waals surface area contributed by atoms with Gasteiger partial charge in [0, 0.05) is 11.3 Å². The number of carboxylic acid groups (broad SMARTS) is 1. The van der Waals surface area contributed by atoms with Crippen molar-refractivity contribution in [2.75, 3.05) is 12.4 Å². The first kappa shape index (κ1) is 14.6. The van der Waals surface area contributed by atoms with Crippen molar-refractivity contribution < 1.29 is 19.4 Å². The lowest BCUT2D eigenvalue weighted by atomic mass is 10.1. The third kappa shape index (κ3) is 3.39. The van der Waals surface area contributed by atoms with E-state index in [0.717, 1.165) is 11.3 Å². The molecule has 0 fully saturated rings. The second kappa shape index (κ2) is 6.09. The zero-order chi connectivity index (χ0) is 15.4. The summed E-state index contributed by atoms with van der Waals surface area (Å²) in [6.45, 7) is 1.89. The summed E-state index contributed by atoms with van der Waals surface area (Å²) >= 11 is 0. The Hall–Kier alpha value is -2.82. The van der Waals surface area contributed by atoms with Gasteiger partial charge in [0.15, 0.2) is 0 Å². The molecule has 0 saturated heterocycles. The molecule has 0 aromatic heterocycles. The first-order chi connectivity index (χ1) is 10.0. The summed E-state index contributed by atoms with van der Waals surface area (Å²) in [6.07, 6.45) is 0. The van der Waals surface area contributed by atoms with E-state index in [4.69, 9.17) is 9.84 Å². The molecular formula is C16H15NO4. The zero-order valence-corrected chi connectivity index (χ0v) is 11.7. The second-order valence-electron chi connectivity index (χ2n) is 4.52. The van der Waals surface area contributed by atoms with Crippen LogP contribution in [0.4, 0.5) is 5.69 Å². The van der Waals surface area contributed by atoms with E-state index >= 15 is 0 Å². The molecule has 21 heavy (non-hydrogen) atoms. The highest BCUT2D eigenvalue weighted by atomic mass is 16.5. The van der Waals surface area contributed by atoms with Gasteiger partial charge in [-0.05, 0) is 55.0 Å². The van der Waals surface area contributed by atoms with Crippen molar-refractivity contribution >= 4 is 17.6 Å². The van der Waals surface area contributed by atoms with E-state index in [-0.39, 0.29) is 11.5 Å². The summed E-state index contributed by atoms with van der Waals surface area (Å²) in [5, 5.41) is 11.6. The minimum Gasteiger partial charge on any atom is -0.496 e. The Morgan fingerprint density at radius 1 is 1.05 bits per heavy atom. The van der Waals surface area contributed by atoms with Crippen LogP contribution in [-0.4, -0.2) is 24.1 Å². The summed E-state index contributed by atoms with van der Waals surface area (Å²) in [7, 11) is 1.59. The van der Waals surface area contributed by atoms with Gasteiger partial charge < -0.3 is 15.2 Å². The number of amides is 1. The number of carboxylic acids is 1. The van der Waals surface area contributed by atoms with E-state index in [9.17, 15) is 9.59 Å². The molecule has 0 atom stereocenters. The molecule has 0 aliphatic rings. The molecule has 2 rings (SSSR count). The molecule has 5 heteroatoms. The Morgan fingerprint density at radius 2 is 1.67 bits per heavy atom. The van der Waals surface area contributed by atoms with Crippen LogP contribution in [-0.2, 0) is 0 Å². The molecule has 0 aliphatic heterocycles. The van der Waals surface area contributed by atoms with Gasteiger partial charge in [0.1, 0.15) is 5.75 Å². The maximum Gasteiger partial charge on any atom is 0.335 e. The largest absolute Gasteiger partial charge is 0.496 e. The molecule has 0 saturated carbocycles. The van der Waals surface area contributed by atoms with Crippen molar-refractivity contribution in [2.45, 2.75) is 6.92 Å². The van der Waals surface area contributed by atoms with Gasteiger partial charge in [-0.25, -0.2) is 4.79 Å². The smallest absolute Gasteiger partial charge is 0.335 e. The van der Waals surface area contributed by atoms with Crippen molar-refractivity contribution in [1.29, 1.82) is 0 Å². The SMILES string of the molecule is COc1ccc(NC(=O)c2ccc(C(=O)O)cc2)cc1C. The summed E-state index contributed by atoms with van der Waals surface area (Å²) in [5.41, 5.74) is 2.11. The Labute approximate surface area is 122 Å². The molecule has 2 aromatic rings. The average Bonchev–Trinajstić information content (AvgIpc) is 2.47. The molecule has 0 aliphatic carbocycles. The molecule has 0 radical (unpaired) electrons. The standard InChI is InChI=1S/C16H15NO4/c1-10-9-13(7-8-14(10)21-2)17-15(18)11-3-5-12(6-4-11)16(19)20/h3-9H,1-2H3,(H,17,18)(H,19,20). The number of aromatic carboxylic acids is 1. The normalized spacial score (nSPS) is 10.0. The topological polar surface area (TPSA) is 75.6 Å². The van der Waals surface area contributed by atoms with E-state index in [1.807, 2.05) is 13.0 Å².